The largest absolute Gasteiger partial charge is 0.493 e. The quantitative estimate of drug-likeness (QED) is 0.443. The van der Waals surface area contributed by atoms with Gasteiger partial charge in [-0.1, -0.05) is 47.5 Å². The molecule has 0 saturated heterocycles. The summed E-state index contributed by atoms with van der Waals surface area (Å²) < 4.78 is 11.2. The maximum absolute atomic E-state index is 6.11. The van der Waals surface area contributed by atoms with Gasteiger partial charge in [0.15, 0.2) is 5.96 Å². The Hall–Kier alpha value is -1.95. The molecule has 3 N–H and O–H groups in total. The van der Waals surface area contributed by atoms with Crippen LogP contribution in [0.4, 0.5) is 0 Å². The normalized spacial score (nSPS) is 16.7. The lowest BCUT2D eigenvalue weighted by Crippen LogP contribution is -2.37. The van der Waals surface area contributed by atoms with Gasteiger partial charge >= 0.3 is 0 Å². The van der Waals surface area contributed by atoms with E-state index in [-0.39, 0.29) is 6.04 Å². The van der Waals surface area contributed by atoms with E-state index in [2.05, 4.69) is 10.3 Å². The molecule has 0 fully saturated rings. The summed E-state index contributed by atoms with van der Waals surface area (Å²) in [6.07, 6.45) is 0.846. The van der Waals surface area contributed by atoms with Gasteiger partial charge in [-0.15, -0.1) is 0 Å². The van der Waals surface area contributed by atoms with Crippen molar-refractivity contribution in [2.24, 2.45) is 10.7 Å². The minimum Gasteiger partial charge on any atom is -0.493 e. The van der Waals surface area contributed by atoms with Gasteiger partial charge in [-0.3, -0.25) is 4.99 Å². The van der Waals surface area contributed by atoms with Crippen LogP contribution in [-0.2, 0) is 11.3 Å². The third kappa shape index (κ3) is 5.04. The van der Waals surface area contributed by atoms with E-state index < -0.39 is 0 Å². The molecule has 138 valence electrons. The number of fused-ring (bicyclic) bond motifs is 1. The van der Waals surface area contributed by atoms with Crippen LogP contribution in [0.2, 0.25) is 10.0 Å². The number of nitrogens with zero attached hydrogens (tertiary/aromatic N) is 1. The Bertz CT molecular complexity index is 783. The molecule has 0 spiro atoms. The van der Waals surface area contributed by atoms with Gasteiger partial charge in [0.25, 0.3) is 0 Å². The molecule has 3 rings (SSSR count). The van der Waals surface area contributed by atoms with Crippen LogP contribution < -0.4 is 15.8 Å². The van der Waals surface area contributed by atoms with Crippen molar-refractivity contribution in [1.82, 2.24) is 5.32 Å². The van der Waals surface area contributed by atoms with Crippen molar-refractivity contribution >= 4 is 29.2 Å². The molecule has 5 nitrogen and oxygen atoms in total. The average Bonchev–Trinajstić information content (AvgIpc) is 2.63. The topological polar surface area (TPSA) is 68.9 Å². The number of guanidine groups is 1. The number of rotatable bonds is 6. The number of hydrogen-bond donors (Lipinski definition) is 2. The van der Waals surface area contributed by atoms with Crippen molar-refractivity contribution in [2.75, 3.05) is 19.8 Å². The Morgan fingerprint density at radius 2 is 2.12 bits per heavy atom. The molecule has 2 aromatic rings. The molecule has 0 aromatic heterocycles. The zero-order valence-electron chi connectivity index (χ0n) is 14.3. The number of ether oxygens (including phenoxy) is 2. The van der Waals surface area contributed by atoms with Crippen molar-refractivity contribution in [3.8, 4) is 5.75 Å². The van der Waals surface area contributed by atoms with Crippen molar-refractivity contribution < 1.29 is 9.47 Å². The van der Waals surface area contributed by atoms with E-state index in [1.54, 1.807) is 12.1 Å². The summed E-state index contributed by atoms with van der Waals surface area (Å²) in [5.41, 5.74) is 8.00. The van der Waals surface area contributed by atoms with Gasteiger partial charge < -0.3 is 20.5 Å². The van der Waals surface area contributed by atoms with Crippen LogP contribution in [-0.4, -0.2) is 25.7 Å². The number of benzene rings is 2. The summed E-state index contributed by atoms with van der Waals surface area (Å²) >= 11 is 12.0. The maximum Gasteiger partial charge on any atom is 0.189 e. The second-order valence-corrected chi connectivity index (χ2v) is 6.77. The third-order valence-electron chi connectivity index (χ3n) is 4.07. The molecule has 1 atom stereocenters. The number of halogens is 2. The van der Waals surface area contributed by atoms with Crippen LogP contribution in [0.5, 0.6) is 5.75 Å². The maximum atomic E-state index is 6.11. The number of aliphatic imine (C=N–C) groups is 1. The fourth-order valence-corrected chi connectivity index (χ4v) is 3.23. The van der Waals surface area contributed by atoms with E-state index in [1.165, 1.54) is 0 Å². The highest BCUT2D eigenvalue weighted by molar-refractivity contribution is 6.35. The van der Waals surface area contributed by atoms with Crippen LogP contribution in [0, 0.1) is 0 Å². The smallest absolute Gasteiger partial charge is 0.189 e. The third-order valence-corrected chi connectivity index (χ3v) is 4.66. The molecular formula is C19H21Cl2N3O2. The zero-order chi connectivity index (χ0) is 18.4. The minimum atomic E-state index is 0.109. The summed E-state index contributed by atoms with van der Waals surface area (Å²) in [4.78, 5) is 4.32. The van der Waals surface area contributed by atoms with Gasteiger partial charge in [0.05, 0.1) is 32.4 Å². The first-order valence-corrected chi connectivity index (χ1v) is 9.19. The van der Waals surface area contributed by atoms with Gasteiger partial charge in [-0.25, -0.2) is 0 Å². The lowest BCUT2D eigenvalue weighted by molar-refractivity contribution is 0.128. The van der Waals surface area contributed by atoms with Crippen molar-refractivity contribution in [3.05, 3.63) is 63.6 Å². The zero-order valence-corrected chi connectivity index (χ0v) is 15.8. The second-order valence-electron chi connectivity index (χ2n) is 5.93. The molecule has 1 unspecified atom stereocenters. The monoisotopic (exact) mass is 393 g/mol. The number of para-hydroxylation sites is 1. The van der Waals surface area contributed by atoms with Gasteiger partial charge in [0.2, 0.25) is 0 Å². The summed E-state index contributed by atoms with van der Waals surface area (Å²) in [5.74, 6) is 1.30. The van der Waals surface area contributed by atoms with Crippen LogP contribution in [0.3, 0.4) is 0 Å². The van der Waals surface area contributed by atoms with Crippen LogP contribution in [0.15, 0.2) is 47.5 Å². The van der Waals surface area contributed by atoms with E-state index >= 15 is 0 Å². The molecule has 2 aromatic carbocycles. The molecule has 0 aliphatic carbocycles. The van der Waals surface area contributed by atoms with Crippen LogP contribution in [0.25, 0.3) is 0 Å². The fourth-order valence-electron chi connectivity index (χ4n) is 2.77. The molecule has 0 bridgehead atoms. The SMILES string of the molecule is NC(=NCCOCc1ccc(Cl)cc1Cl)NC1CCOc2ccccc21. The van der Waals surface area contributed by atoms with E-state index in [4.69, 9.17) is 38.4 Å². The first-order valence-electron chi connectivity index (χ1n) is 8.43. The first-order chi connectivity index (χ1) is 12.6. The fraction of sp³-hybridized carbons (Fsp3) is 0.316. The van der Waals surface area contributed by atoms with E-state index in [0.29, 0.717) is 42.4 Å². The van der Waals surface area contributed by atoms with E-state index in [9.17, 15) is 0 Å². The Balaban J connectivity index is 1.44. The van der Waals surface area contributed by atoms with Crippen molar-refractivity contribution in [1.29, 1.82) is 0 Å². The highest BCUT2D eigenvalue weighted by Crippen LogP contribution is 2.31. The molecule has 1 heterocycles. The summed E-state index contributed by atoms with van der Waals surface area (Å²) in [7, 11) is 0. The van der Waals surface area contributed by atoms with Gasteiger partial charge in [-0.2, -0.15) is 0 Å². The highest BCUT2D eigenvalue weighted by Gasteiger charge is 2.21. The predicted molar refractivity (Wildman–Crippen MR) is 105 cm³/mol. The molecular weight excluding hydrogens is 373 g/mol. The molecule has 7 heteroatoms. The number of hydrogen-bond acceptors (Lipinski definition) is 3. The van der Waals surface area contributed by atoms with Gasteiger partial charge in [0, 0.05) is 22.0 Å². The second kappa shape index (κ2) is 9.12. The summed E-state index contributed by atoms with van der Waals surface area (Å²) in [6, 6.07) is 13.4. The lowest BCUT2D eigenvalue weighted by Gasteiger charge is -2.26. The molecule has 0 radical (unpaired) electrons. The van der Waals surface area contributed by atoms with Crippen LogP contribution in [0.1, 0.15) is 23.6 Å². The minimum absolute atomic E-state index is 0.109. The first kappa shape index (κ1) is 18.8. The summed E-state index contributed by atoms with van der Waals surface area (Å²) in [5, 5.41) is 4.46. The lowest BCUT2D eigenvalue weighted by atomic mass is 10.0. The molecule has 1 aliphatic rings. The Morgan fingerprint density at radius 3 is 2.96 bits per heavy atom. The Labute approximate surface area is 163 Å². The molecule has 26 heavy (non-hydrogen) atoms. The van der Waals surface area contributed by atoms with Crippen LogP contribution >= 0.6 is 23.2 Å². The van der Waals surface area contributed by atoms with Crippen molar-refractivity contribution in [3.63, 3.8) is 0 Å². The molecule has 1 aliphatic heterocycles. The Kier molecular flexibility index (Phi) is 6.61. The van der Waals surface area contributed by atoms with Gasteiger partial charge in [-0.05, 0) is 23.8 Å². The highest BCUT2D eigenvalue weighted by atomic mass is 35.5. The standard InChI is InChI=1S/C19H21Cl2N3O2/c20-14-6-5-13(16(21)11-14)12-25-10-8-23-19(22)24-17-7-9-26-18-4-2-1-3-15(17)18/h1-6,11,17H,7-10,12H2,(H3,22,23,24). The molecule has 0 amide bonds. The van der Waals surface area contributed by atoms with E-state index in [0.717, 1.165) is 23.3 Å². The number of nitrogens with one attached hydrogen (secondary N) is 1. The average molecular weight is 394 g/mol. The number of nitrogens with two attached hydrogens (primary N) is 1. The molecule has 0 saturated carbocycles. The Morgan fingerprint density at radius 1 is 1.27 bits per heavy atom. The van der Waals surface area contributed by atoms with E-state index in [1.807, 2.05) is 30.3 Å². The predicted octanol–water partition coefficient (Wildman–Crippen LogP) is 3.94. The van der Waals surface area contributed by atoms with Crippen molar-refractivity contribution in [2.45, 2.75) is 19.1 Å². The van der Waals surface area contributed by atoms with Gasteiger partial charge in [0.1, 0.15) is 5.75 Å². The summed E-state index contributed by atoms with van der Waals surface area (Å²) in [6.45, 7) is 1.99.